The second-order valence-electron chi connectivity index (χ2n) is 3.51. The van der Waals surface area contributed by atoms with Crippen LogP contribution >= 0.6 is 11.6 Å². The molecule has 0 fully saturated rings. The lowest BCUT2D eigenvalue weighted by Gasteiger charge is -2.20. The molecule has 1 atom stereocenters. The number of benzene rings is 1. The van der Waals surface area contributed by atoms with E-state index >= 15 is 0 Å². The van der Waals surface area contributed by atoms with E-state index in [1.165, 1.54) is 0 Å². The van der Waals surface area contributed by atoms with E-state index in [4.69, 9.17) is 26.8 Å². The molecule has 0 amide bonds. The van der Waals surface area contributed by atoms with Gasteiger partial charge in [0.15, 0.2) is 11.5 Å². The van der Waals surface area contributed by atoms with Gasteiger partial charge in [-0.2, -0.15) is 0 Å². The van der Waals surface area contributed by atoms with Gasteiger partial charge in [-0.25, -0.2) is 0 Å². The molecule has 1 unspecified atom stereocenters. The van der Waals surface area contributed by atoms with E-state index in [1.54, 1.807) is 12.1 Å². The molecule has 76 valence electrons. The number of hydrogen-bond donors (Lipinski definition) is 1. The first-order valence-corrected chi connectivity index (χ1v) is 4.89. The highest BCUT2D eigenvalue weighted by molar-refractivity contribution is 6.33. The molecule has 0 bridgehead atoms. The minimum atomic E-state index is -0.584. The highest BCUT2D eigenvalue weighted by Crippen LogP contribution is 2.44. The lowest BCUT2D eigenvalue weighted by Crippen LogP contribution is -2.33. The van der Waals surface area contributed by atoms with Gasteiger partial charge in [-0.3, -0.25) is 0 Å². The van der Waals surface area contributed by atoms with Gasteiger partial charge < -0.3 is 15.2 Å². The van der Waals surface area contributed by atoms with Crippen molar-refractivity contribution in [1.29, 1.82) is 0 Å². The Morgan fingerprint density at radius 2 is 1.93 bits per heavy atom. The maximum atomic E-state index is 5.87. The molecule has 4 heteroatoms. The van der Waals surface area contributed by atoms with Crippen LogP contribution < -0.4 is 15.2 Å². The van der Waals surface area contributed by atoms with Crippen LogP contribution in [0.1, 0.15) is 20.3 Å². The molecule has 0 radical (unpaired) electrons. The number of ether oxygens (including phenoxy) is 2. The maximum absolute atomic E-state index is 5.87. The molecule has 1 aromatic rings. The van der Waals surface area contributed by atoms with Crippen LogP contribution in [0.2, 0.25) is 5.02 Å². The van der Waals surface area contributed by atoms with Crippen molar-refractivity contribution >= 4 is 17.3 Å². The third kappa shape index (κ3) is 1.38. The van der Waals surface area contributed by atoms with Crippen LogP contribution in [0.25, 0.3) is 0 Å². The lowest BCUT2D eigenvalue weighted by molar-refractivity contribution is -0.0640. The van der Waals surface area contributed by atoms with Crippen LogP contribution in [0, 0.1) is 0 Å². The Labute approximate surface area is 87.8 Å². The normalized spacial score (nSPS) is 23.9. The fourth-order valence-electron chi connectivity index (χ4n) is 1.34. The minimum Gasteiger partial charge on any atom is -0.449 e. The minimum absolute atomic E-state index is 0.493. The smallest absolute Gasteiger partial charge is 0.248 e. The number of halogens is 1. The summed E-state index contributed by atoms with van der Waals surface area (Å²) in [5.74, 6) is 0.740. The van der Waals surface area contributed by atoms with Crippen molar-refractivity contribution in [3.05, 3.63) is 17.2 Å². The molecule has 0 saturated heterocycles. The van der Waals surface area contributed by atoms with Gasteiger partial charge in [-0.1, -0.05) is 18.5 Å². The molecule has 2 rings (SSSR count). The number of fused-ring (bicyclic) bond motifs is 1. The van der Waals surface area contributed by atoms with Crippen molar-refractivity contribution < 1.29 is 9.47 Å². The van der Waals surface area contributed by atoms with E-state index < -0.39 is 5.79 Å². The van der Waals surface area contributed by atoms with Crippen LogP contribution in [0.5, 0.6) is 11.5 Å². The van der Waals surface area contributed by atoms with Crippen molar-refractivity contribution in [2.24, 2.45) is 0 Å². The van der Waals surface area contributed by atoms with Gasteiger partial charge in [0, 0.05) is 25.5 Å². The fraction of sp³-hybridized carbons (Fsp3) is 0.400. The molecule has 1 aromatic carbocycles. The number of nitrogens with two attached hydrogens (primary N) is 1. The summed E-state index contributed by atoms with van der Waals surface area (Å²) < 4.78 is 11.2. The fourth-order valence-corrected chi connectivity index (χ4v) is 1.49. The summed E-state index contributed by atoms with van der Waals surface area (Å²) in [6, 6.07) is 3.38. The average molecular weight is 214 g/mol. The van der Waals surface area contributed by atoms with E-state index in [0.717, 1.165) is 6.42 Å². The standard InChI is InChI=1S/C10H12ClNO2/c1-3-10(2)13-8-4-6(11)7(12)5-9(8)14-10/h4-5H,3,12H2,1-2H3. The molecular formula is C10H12ClNO2. The Kier molecular flexibility index (Phi) is 2.00. The Hall–Kier alpha value is -1.09. The van der Waals surface area contributed by atoms with Crippen LogP contribution in [0.15, 0.2) is 12.1 Å². The molecule has 0 aliphatic carbocycles. The third-order valence-electron chi connectivity index (χ3n) is 2.36. The van der Waals surface area contributed by atoms with Crippen molar-refractivity contribution in [3.8, 4) is 11.5 Å². The van der Waals surface area contributed by atoms with Gasteiger partial charge in [0.25, 0.3) is 0 Å². The summed E-state index contributed by atoms with van der Waals surface area (Å²) in [6.45, 7) is 3.88. The predicted octanol–water partition coefficient (Wildman–Crippen LogP) is 2.82. The molecular weight excluding hydrogens is 202 g/mol. The van der Waals surface area contributed by atoms with Gasteiger partial charge in [-0.15, -0.1) is 0 Å². The van der Waals surface area contributed by atoms with E-state index in [1.807, 2.05) is 13.8 Å². The summed E-state index contributed by atoms with van der Waals surface area (Å²) in [7, 11) is 0. The summed E-state index contributed by atoms with van der Waals surface area (Å²) >= 11 is 5.87. The summed E-state index contributed by atoms with van der Waals surface area (Å²) in [4.78, 5) is 0. The van der Waals surface area contributed by atoms with E-state index in [0.29, 0.717) is 22.2 Å². The molecule has 2 N–H and O–H groups in total. The molecule has 0 saturated carbocycles. The second-order valence-corrected chi connectivity index (χ2v) is 3.92. The van der Waals surface area contributed by atoms with Gasteiger partial charge in [-0.05, 0) is 0 Å². The maximum Gasteiger partial charge on any atom is 0.248 e. The van der Waals surface area contributed by atoms with Crippen LogP contribution in [0.3, 0.4) is 0 Å². The molecule has 1 aliphatic rings. The lowest BCUT2D eigenvalue weighted by atomic mass is 10.2. The van der Waals surface area contributed by atoms with Crippen LogP contribution in [-0.2, 0) is 0 Å². The summed E-state index contributed by atoms with van der Waals surface area (Å²) in [6.07, 6.45) is 0.763. The van der Waals surface area contributed by atoms with Crippen molar-refractivity contribution in [2.45, 2.75) is 26.1 Å². The molecule has 0 aromatic heterocycles. The zero-order chi connectivity index (χ0) is 10.3. The van der Waals surface area contributed by atoms with E-state index in [2.05, 4.69) is 0 Å². The first kappa shape index (κ1) is 9.46. The zero-order valence-corrected chi connectivity index (χ0v) is 8.89. The monoisotopic (exact) mass is 213 g/mol. The number of rotatable bonds is 1. The van der Waals surface area contributed by atoms with E-state index in [9.17, 15) is 0 Å². The SMILES string of the molecule is CCC1(C)Oc2cc(N)c(Cl)cc2O1. The van der Waals surface area contributed by atoms with Gasteiger partial charge in [0.05, 0.1) is 10.7 Å². The van der Waals surface area contributed by atoms with Crippen LogP contribution in [0.4, 0.5) is 5.69 Å². The first-order chi connectivity index (χ1) is 6.54. The third-order valence-corrected chi connectivity index (χ3v) is 2.68. The predicted molar refractivity (Wildman–Crippen MR) is 55.8 cm³/mol. The molecule has 3 nitrogen and oxygen atoms in total. The first-order valence-electron chi connectivity index (χ1n) is 4.51. The summed E-state index contributed by atoms with van der Waals surface area (Å²) in [5, 5.41) is 0.493. The van der Waals surface area contributed by atoms with Crippen molar-refractivity contribution in [1.82, 2.24) is 0 Å². The van der Waals surface area contributed by atoms with Crippen molar-refractivity contribution in [3.63, 3.8) is 0 Å². The Morgan fingerprint density at radius 3 is 2.50 bits per heavy atom. The quantitative estimate of drug-likeness (QED) is 0.730. The average Bonchev–Trinajstić information content (AvgIpc) is 2.43. The summed E-state index contributed by atoms with van der Waals surface area (Å²) in [5.41, 5.74) is 6.16. The molecule has 14 heavy (non-hydrogen) atoms. The van der Waals surface area contributed by atoms with Crippen molar-refractivity contribution in [2.75, 3.05) is 5.73 Å². The number of nitrogen functional groups attached to an aromatic ring is 1. The van der Waals surface area contributed by atoms with Gasteiger partial charge in [0.2, 0.25) is 5.79 Å². The molecule has 0 spiro atoms. The topological polar surface area (TPSA) is 44.5 Å². The molecule has 1 aliphatic heterocycles. The van der Waals surface area contributed by atoms with Crippen LogP contribution in [-0.4, -0.2) is 5.79 Å². The van der Waals surface area contributed by atoms with E-state index in [-0.39, 0.29) is 0 Å². The van der Waals surface area contributed by atoms with Gasteiger partial charge in [0.1, 0.15) is 0 Å². The zero-order valence-electron chi connectivity index (χ0n) is 8.13. The largest absolute Gasteiger partial charge is 0.449 e. The Balaban J connectivity index is 2.41. The Morgan fingerprint density at radius 1 is 1.36 bits per heavy atom. The number of anilines is 1. The highest BCUT2D eigenvalue weighted by atomic mass is 35.5. The second kappa shape index (κ2) is 2.95. The highest BCUT2D eigenvalue weighted by Gasteiger charge is 2.35. The van der Waals surface area contributed by atoms with Gasteiger partial charge >= 0.3 is 0 Å². The number of hydrogen-bond acceptors (Lipinski definition) is 3. The molecule has 1 heterocycles. The Bertz CT molecular complexity index is 348.